The Morgan fingerprint density at radius 1 is 1.42 bits per heavy atom. The van der Waals surface area contributed by atoms with Crippen molar-refractivity contribution in [3.05, 3.63) is 35.0 Å². The van der Waals surface area contributed by atoms with Gasteiger partial charge in [-0.2, -0.15) is 0 Å². The number of hydrogen-bond donors (Lipinski definition) is 3. The van der Waals surface area contributed by atoms with E-state index in [-0.39, 0.29) is 12.1 Å². The number of hydrogen-bond acceptors (Lipinski definition) is 4. The van der Waals surface area contributed by atoms with Gasteiger partial charge in [-0.15, -0.1) is 0 Å². The van der Waals surface area contributed by atoms with Gasteiger partial charge in [0.25, 0.3) is 5.91 Å². The molecule has 24 heavy (non-hydrogen) atoms. The molecular formula is C17H22N4O3. The number of nitrogens with one attached hydrogen (secondary N) is 2. The highest BCUT2D eigenvalue weighted by Crippen LogP contribution is 2.25. The molecule has 1 aliphatic heterocycles. The van der Waals surface area contributed by atoms with Crippen molar-refractivity contribution in [1.82, 2.24) is 15.2 Å². The number of amides is 2. The Labute approximate surface area is 140 Å². The van der Waals surface area contributed by atoms with E-state index in [1.807, 2.05) is 26.2 Å². The molecule has 2 heterocycles. The summed E-state index contributed by atoms with van der Waals surface area (Å²) in [6.07, 6.45) is 1.05. The number of H-pyrrole nitrogens is 1. The number of aromatic nitrogens is 1. The molecule has 3 rings (SSSR count). The monoisotopic (exact) mass is 330 g/mol. The number of fused-ring (bicyclic) bond motifs is 1. The number of cyclic esters (lactones) is 1. The number of rotatable bonds is 6. The Kier molecular flexibility index (Phi) is 4.44. The summed E-state index contributed by atoms with van der Waals surface area (Å²) in [6, 6.07) is 5.99. The molecule has 1 aromatic heterocycles. The van der Waals surface area contributed by atoms with Crippen LogP contribution in [0.1, 0.15) is 21.6 Å². The Morgan fingerprint density at radius 3 is 2.83 bits per heavy atom. The molecule has 0 radical (unpaired) electrons. The van der Waals surface area contributed by atoms with Crippen molar-refractivity contribution in [1.29, 1.82) is 0 Å². The molecule has 7 heteroatoms. The predicted octanol–water partition coefficient (Wildman–Crippen LogP) is 1.02. The van der Waals surface area contributed by atoms with Crippen molar-refractivity contribution in [2.45, 2.75) is 18.9 Å². The number of primary amides is 1. The van der Waals surface area contributed by atoms with Crippen LogP contribution in [0.15, 0.2) is 18.2 Å². The second-order valence-electron chi connectivity index (χ2n) is 6.42. The third-order valence-electron chi connectivity index (χ3n) is 4.25. The minimum atomic E-state index is -0.446. The maximum Gasteiger partial charge on any atom is 0.407 e. The second-order valence-corrected chi connectivity index (χ2v) is 6.42. The van der Waals surface area contributed by atoms with E-state index in [9.17, 15) is 9.59 Å². The number of aromatic amines is 1. The highest BCUT2D eigenvalue weighted by atomic mass is 16.6. The summed E-state index contributed by atoms with van der Waals surface area (Å²) in [4.78, 5) is 28.1. The van der Waals surface area contributed by atoms with Gasteiger partial charge in [0.2, 0.25) is 0 Å². The standard InChI is InChI=1S/C17H22N4O3/c1-21(2)6-5-12-13-8-10(7-11-9-24-17(23)19-11)3-4-14(13)20-15(12)16(18)22/h3-4,8,11,20H,5-7,9H2,1-2H3,(H2,18,22)(H,19,23)/t11-/m0/s1. The SMILES string of the molecule is CN(C)CCc1c(C(N)=O)[nH]c2ccc(C[C@H]3COC(=O)N3)cc12. The van der Waals surface area contributed by atoms with Gasteiger partial charge in [-0.1, -0.05) is 6.07 Å². The van der Waals surface area contributed by atoms with Gasteiger partial charge in [0.1, 0.15) is 12.3 Å². The van der Waals surface area contributed by atoms with Crippen molar-refractivity contribution in [2.24, 2.45) is 5.73 Å². The molecule has 2 amide bonds. The maximum absolute atomic E-state index is 11.7. The summed E-state index contributed by atoms with van der Waals surface area (Å²) in [6.45, 7) is 1.20. The summed E-state index contributed by atoms with van der Waals surface area (Å²) < 4.78 is 4.93. The number of benzene rings is 1. The molecule has 0 aliphatic carbocycles. The molecule has 0 spiro atoms. The zero-order valence-electron chi connectivity index (χ0n) is 13.9. The van der Waals surface area contributed by atoms with E-state index in [0.29, 0.717) is 18.7 Å². The highest BCUT2D eigenvalue weighted by molar-refractivity contribution is 6.00. The molecule has 0 unspecified atom stereocenters. The molecule has 1 aromatic carbocycles. The van der Waals surface area contributed by atoms with Gasteiger partial charge < -0.3 is 25.7 Å². The molecule has 1 atom stereocenters. The Morgan fingerprint density at radius 2 is 2.21 bits per heavy atom. The number of carbonyl (C=O) groups is 2. The van der Waals surface area contributed by atoms with E-state index in [4.69, 9.17) is 10.5 Å². The number of nitrogens with two attached hydrogens (primary N) is 1. The number of likely N-dealkylation sites (N-methyl/N-ethyl adjacent to an activating group) is 1. The number of carbonyl (C=O) groups excluding carboxylic acids is 2. The van der Waals surface area contributed by atoms with E-state index >= 15 is 0 Å². The molecule has 2 aromatic rings. The first-order chi connectivity index (χ1) is 11.4. The Bertz CT molecular complexity index is 781. The summed E-state index contributed by atoms with van der Waals surface area (Å²) in [7, 11) is 3.99. The number of ether oxygens (including phenoxy) is 1. The van der Waals surface area contributed by atoms with E-state index in [2.05, 4.69) is 21.3 Å². The Hall–Kier alpha value is -2.54. The lowest BCUT2D eigenvalue weighted by Crippen LogP contribution is -2.28. The average molecular weight is 330 g/mol. The quantitative estimate of drug-likeness (QED) is 0.736. The zero-order chi connectivity index (χ0) is 17.3. The van der Waals surface area contributed by atoms with Crippen molar-refractivity contribution in [3.63, 3.8) is 0 Å². The molecule has 4 N–H and O–H groups in total. The molecule has 0 bridgehead atoms. The molecule has 1 saturated heterocycles. The first-order valence-corrected chi connectivity index (χ1v) is 7.95. The Balaban J connectivity index is 1.92. The van der Waals surface area contributed by atoms with E-state index in [1.54, 1.807) is 0 Å². The first-order valence-electron chi connectivity index (χ1n) is 7.95. The molecule has 7 nitrogen and oxygen atoms in total. The van der Waals surface area contributed by atoms with Crippen LogP contribution < -0.4 is 11.1 Å². The van der Waals surface area contributed by atoms with Crippen molar-refractivity contribution >= 4 is 22.9 Å². The third-order valence-corrected chi connectivity index (χ3v) is 4.25. The van der Waals surface area contributed by atoms with Crippen LogP contribution in [0.2, 0.25) is 0 Å². The average Bonchev–Trinajstić information content (AvgIpc) is 3.08. The van der Waals surface area contributed by atoms with Gasteiger partial charge in [0.05, 0.1) is 6.04 Å². The van der Waals surface area contributed by atoms with Crippen LogP contribution in [0.4, 0.5) is 4.79 Å². The van der Waals surface area contributed by atoms with Crippen LogP contribution in [0.25, 0.3) is 10.9 Å². The van der Waals surface area contributed by atoms with Crippen LogP contribution >= 0.6 is 0 Å². The lowest BCUT2D eigenvalue weighted by Gasteiger charge is -2.10. The topological polar surface area (TPSA) is 100 Å². The first kappa shape index (κ1) is 16.3. The fraction of sp³-hybridized carbons (Fsp3) is 0.412. The van der Waals surface area contributed by atoms with E-state index < -0.39 is 5.91 Å². The van der Waals surface area contributed by atoms with Gasteiger partial charge in [0.15, 0.2) is 0 Å². The molecule has 128 valence electrons. The zero-order valence-corrected chi connectivity index (χ0v) is 13.9. The lowest BCUT2D eigenvalue weighted by molar-refractivity contribution is 0.0995. The summed E-state index contributed by atoms with van der Waals surface area (Å²) >= 11 is 0. The minimum absolute atomic E-state index is 0.0188. The van der Waals surface area contributed by atoms with Crippen LogP contribution in [0.5, 0.6) is 0 Å². The van der Waals surface area contributed by atoms with Gasteiger partial charge in [0, 0.05) is 17.4 Å². The summed E-state index contributed by atoms with van der Waals surface area (Å²) in [5, 5.41) is 3.79. The fourth-order valence-corrected chi connectivity index (χ4v) is 3.05. The van der Waals surface area contributed by atoms with Crippen molar-refractivity contribution < 1.29 is 14.3 Å². The molecule has 1 aliphatic rings. The predicted molar refractivity (Wildman–Crippen MR) is 91.1 cm³/mol. The van der Waals surface area contributed by atoms with Crippen LogP contribution in [0, 0.1) is 0 Å². The highest BCUT2D eigenvalue weighted by Gasteiger charge is 2.23. The maximum atomic E-state index is 11.7. The van der Waals surface area contributed by atoms with Crippen molar-refractivity contribution in [2.75, 3.05) is 27.2 Å². The smallest absolute Gasteiger partial charge is 0.407 e. The second kappa shape index (κ2) is 6.52. The van der Waals surface area contributed by atoms with Gasteiger partial charge >= 0.3 is 6.09 Å². The third kappa shape index (κ3) is 3.35. The normalized spacial score (nSPS) is 17.3. The lowest BCUT2D eigenvalue weighted by atomic mass is 10.0. The van der Waals surface area contributed by atoms with Crippen LogP contribution in [-0.4, -0.2) is 55.2 Å². The van der Waals surface area contributed by atoms with E-state index in [0.717, 1.165) is 35.0 Å². The fourth-order valence-electron chi connectivity index (χ4n) is 3.05. The van der Waals surface area contributed by atoms with E-state index in [1.165, 1.54) is 0 Å². The number of nitrogens with zero attached hydrogens (tertiary/aromatic N) is 1. The van der Waals surface area contributed by atoms with Crippen LogP contribution in [0.3, 0.4) is 0 Å². The van der Waals surface area contributed by atoms with Gasteiger partial charge in [-0.05, 0) is 50.2 Å². The number of alkyl carbamates (subject to hydrolysis) is 1. The van der Waals surface area contributed by atoms with Crippen molar-refractivity contribution in [3.8, 4) is 0 Å². The molecular weight excluding hydrogens is 308 g/mol. The summed E-state index contributed by atoms with van der Waals surface area (Å²) in [5.41, 5.74) is 8.92. The molecule has 1 fully saturated rings. The van der Waals surface area contributed by atoms with Crippen LogP contribution in [-0.2, 0) is 17.6 Å². The summed E-state index contributed by atoms with van der Waals surface area (Å²) in [5.74, 6) is -0.446. The van der Waals surface area contributed by atoms with Gasteiger partial charge in [-0.25, -0.2) is 4.79 Å². The largest absolute Gasteiger partial charge is 0.447 e. The minimum Gasteiger partial charge on any atom is -0.447 e. The van der Waals surface area contributed by atoms with Gasteiger partial charge in [-0.3, -0.25) is 4.79 Å². The molecule has 0 saturated carbocycles.